The number of rotatable bonds is 4. The highest BCUT2D eigenvalue weighted by atomic mass is 16.5. The maximum absolute atomic E-state index is 12.9. The topological polar surface area (TPSA) is 78.9 Å². The molecule has 1 heterocycles. The Balaban J connectivity index is 1.69. The summed E-state index contributed by atoms with van der Waals surface area (Å²) in [6.45, 7) is 3.14. The van der Waals surface area contributed by atoms with Gasteiger partial charge in [-0.3, -0.25) is 9.59 Å². The third kappa shape index (κ3) is 4.44. The molecule has 1 aliphatic heterocycles. The highest BCUT2D eigenvalue weighted by Crippen LogP contribution is 2.50. The molecule has 6 heteroatoms. The molecule has 1 amide bonds. The maximum Gasteiger partial charge on any atom is 0.302 e. The number of benzene rings is 2. The van der Waals surface area contributed by atoms with Gasteiger partial charge in [-0.15, -0.1) is 0 Å². The van der Waals surface area contributed by atoms with Crippen molar-refractivity contribution >= 4 is 11.9 Å². The number of carbonyl (C=O) groups is 2. The summed E-state index contributed by atoms with van der Waals surface area (Å²) in [7, 11) is 2.08. The Morgan fingerprint density at radius 1 is 1.16 bits per heavy atom. The van der Waals surface area contributed by atoms with Gasteiger partial charge in [-0.2, -0.15) is 0 Å². The van der Waals surface area contributed by atoms with Crippen LogP contribution in [0.2, 0.25) is 0 Å². The molecule has 0 spiro atoms. The number of piperidine rings is 1. The molecule has 4 rings (SSSR count). The minimum absolute atomic E-state index is 0.0850. The number of aromatic hydroxyl groups is 1. The van der Waals surface area contributed by atoms with Crippen molar-refractivity contribution < 1.29 is 19.4 Å². The van der Waals surface area contributed by atoms with Crippen molar-refractivity contribution in [1.29, 1.82) is 0 Å². The Kier molecular flexibility index (Phi) is 6.01. The lowest BCUT2D eigenvalue weighted by Crippen LogP contribution is -2.61. The van der Waals surface area contributed by atoms with Crippen LogP contribution in [0.3, 0.4) is 0 Å². The van der Waals surface area contributed by atoms with Crippen LogP contribution in [-0.2, 0) is 14.9 Å². The molecule has 2 N–H and O–H groups in total. The predicted octanol–water partition coefficient (Wildman–Crippen LogP) is 3.11. The second-order valence-corrected chi connectivity index (χ2v) is 8.95. The van der Waals surface area contributed by atoms with E-state index in [-0.39, 0.29) is 41.1 Å². The largest absolute Gasteiger partial charge is 0.508 e. The summed E-state index contributed by atoms with van der Waals surface area (Å²) in [6.07, 6.45) is 1.88. The number of esters is 1. The van der Waals surface area contributed by atoms with Crippen LogP contribution in [0.25, 0.3) is 0 Å². The molecule has 4 atom stereocenters. The lowest BCUT2D eigenvalue weighted by Gasteiger charge is -2.55. The SMILES string of the molecule is CC(=O)OC1C[C@@H](NC(=O)c2ccccc2)CC2(c3cccc(O)c3)CCN(C)CC12. The van der Waals surface area contributed by atoms with Crippen molar-refractivity contribution in [3.05, 3.63) is 65.7 Å². The zero-order valence-electron chi connectivity index (χ0n) is 18.1. The molecule has 1 aliphatic carbocycles. The minimum Gasteiger partial charge on any atom is -0.508 e. The van der Waals surface area contributed by atoms with E-state index in [1.54, 1.807) is 18.2 Å². The summed E-state index contributed by atoms with van der Waals surface area (Å²) in [6, 6.07) is 16.4. The Hall–Kier alpha value is -2.86. The van der Waals surface area contributed by atoms with Crippen molar-refractivity contribution in [2.45, 2.75) is 43.7 Å². The van der Waals surface area contributed by atoms with E-state index in [2.05, 4.69) is 17.3 Å². The molecule has 1 saturated carbocycles. The molecule has 3 unspecified atom stereocenters. The third-order valence-corrected chi connectivity index (χ3v) is 6.84. The molecule has 0 bridgehead atoms. The van der Waals surface area contributed by atoms with Crippen LogP contribution in [0.4, 0.5) is 0 Å². The predicted molar refractivity (Wildman–Crippen MR) is 118 cm³/mol. The van der Waals surface area contributed by atoms with Crippen molar-refractivity contribution in [3.63, 3.8) is 0 Å². The average molecular weight is 423 g/mol. The second kappa shape index (κ2) is 8.71. The molecule has 0 aromatic heterocycles. The zero-order valence-corrected chi connectivity index (χ0v) is 18.1. The van der Waals surface area contributed by atoms with Gasteiger partial charge in [0.15, 0.2) is 0 Å². The number of phenolic OH excluding ortho intramolecular Hbond substituents is 1. The fourth-order valence-corrected chi connectivity index (χ4v) is 5.48. The molecule has 2 fully saturated rings. The lowest BCUT2D eigenvalue weighted by atomic mass is 9.57. The lowest BCUT2D eigenvalue weighted by molar-refractivity contribution is -0.156. The molecule has 164 valence electrons. The van der Waals surface area contributed by atoms with Gasteiger partial charge in [0.1, 0.15) is 11.9 Å². The van der Waals surface area contributed by atoms with Gasteiger partial charge in [0.25, 0.3) is 5.91 Å². The molecule has 31 heavy (non-hydrogen) atoms. The fourth-order valence-electron chi connectivity index (χ4n) is 5.48. The quantitative estimate of drug-likeness (QED) is 0.741. The summed E-state index contributed by atoms with van der Waals surface area (Å²) >= 11 is 0. The van der Waals surface area contributed by atoms with E-state index in [9.17, 15) is 14.7 Å². The number of phenols is 1. The van der Waals surface area contributed by atoms with Gasteiger partial charge < -0.3 is 20.1 Å². The van der Waals surface area contributed by atoms with E-state index in [1.165, 1.54) is 6.92 Å². The summed E-state index contributed by atoms with van der Waals surface area (Å²) < 4.78 is 5.82. The van der Waals surface area contributed by atoms with Gasteiger partial charge in [0, 0.05) is 42.8 Å². The first-order valence-corrected chi connectivity index (χ1v) is 10.9. The number of hydrogen-bond donors (Lipinski definition) is 2. The Morgan fingerprint density at radius 2 is 1.94 bits per heavy atom. The van der Waals surface area contributed by atoms with E-state index < -0.39 is 0 Å². The number of carbonyl (C=O) groups excluding carboxylic acids is 2. The van der Waals surface area contributed by atoms with Crippen LogP contribution in [0.5, 0.6) is 5.75 Å². The zero-order chi connectivity index (χ0) is 22.0. The maximum atomic E-state index is 12.9. The normalized spacial score (nSPS) is 28.4. The summed E-state index contributed by atoms with van der Waals surface area (Å²) in [4.78, 5) is 27.1. The van der Waals surface area contributed by atoms with Gasteiger partial charge in [0.05, 0.1) is 0 Å². The molecular formula is C25H30N2O4. The number of nitrogens with zero attached hydrogens (tertiary/aromatic N) is 1. The Labute approximate surface area is 183 Å². The highest BCUT2D eigenvalue weighted by Gasteiger charge is 2.53. The van der Waals surface area contributed by atoms with E-state index in [4.69, 9.17) is 4.74 Å². The van der Waals surface area contributed by atoms with E-state index >= 15 is 0 Å². The van der Waals surface area contributed by atoms with Crippen molar-refractivity contribution in [3.8, 4) is 5.75 Å². The summed E-state index contributed by atoms with van der Waals surface area (Å²) in [5.74, 6) is -0.117. The first-order valence-electron chi connectivity index (χ1n) is 10.9. The molecule has 6 nitrogen and oxygen atoms in total. The summed E-state index contributed by atoms with van der Waals surface area (Å²) in [5.41, 5.74) is 1.36. The van der Waals surface area contributed by atoms with E-state index in [1.807, 2.05) is 36.4 Å². The molecule has 2 aromatic rings. The minimum atomic E-state index is -0.308. The van der Waals surface area contributed by atoms with Gasteiger partial charge in [-0.1, -0.05) is 30.3 Å². The Bertz CT molecular complexity index is 948. The van der Waals surface area contributed by atoms with Crippen LogP contribution < -0.4 is 5.32 Å². The summed E-state index contributed by atoms with van der Waals surface area (Å²) in [5, 5.41) is 13.4. The molecule has 2 aromatic carbocycles. The number of nitrogens with one attached hydrogen (secondary N) is 1. The molecule has 1 saturated heterocycles. The number of amides is 1. The molecular weight excluding hydrogens is 392 g/mol. The van der Waals surface area contributed by atoms with Gasteiger partial charge >= 0.3 is 5.97 Å². The highest BCUT2D eigenvalue weighted by molar-refractivity contribution is 5.94. The van der Waals surface area contributed by atoms with Gasteiger partial charge in [0.2, 0.25) is 0 Å². The Morgan fingerprint density at radius 3 is 2.65 bits per heavy atom. The van der Waals surface area contributed by atoms with Crippen molar-refractivity contribution in [1.82, 2.24) is 10.2 Å². The van der Waals surface area contributed by atoms with Crippen LogP contribution >= 0.6 is 0 Å². The molecule has 2 aliphatic rings. The second-order valence-electron chi connectivity index (χ2n) is 8.95. The number of ether oxygens (including phenoxy) is 1. The van der Waals surface area contributed by atoms with Gasteiger partial charge in [-0.25, -0.2) is 0 Å². The number of likely N-dealkylation sites (tertiary alicyclic amines) is 1. The fraction of sp³-hybridized carbons (Fsp3) is 0.440. The van der Waals surface area contributed by atoms with Crippen LogP contribution in [0.1, 0.15) is 42.1 Å². The first kappa shape index (κ1) is 21.4. The number of hydrogen-bond acceptors (Lipinski definition) is 5. The van der Waals surface area contributed by atoms with Gasteiger partial charge in [-0.05, 0) is 56.3 Å². The van der Waals surface area contributed by atoms with Crippen molar-refractivity contribution in [2.75, 3.05) is 20.1 Å². The smallest absolute Gasteiger partial charge is 0.302 e. The monoisotopic (exact) mass is 422 g/mol. The standard InChI is InChI=1S/C25H30N2O4/c1-17(28)31-23-14-20(26-24(30)18-7-4-3-5-8-18)15-25(11-12-27(2)16-22(23)25)19-9-6-10-21(29)13-19/h3-10,13,20,22-23,29H,11-12,14-16H2,1-2H3,(H,26,30)/t20-,22?,23?,25?/m1/s1. The van der Waals surface area contributed by atoms with Crippen LogP contribution in [0, 0.1) is 5.92 Å². The average Bonchev–Trinajstić information content (AvgIpc) is 2.74. The van der Waals surface area contributed by atoms with Crippen LogP contribution in [0.15, 0.2) is 54.6 Å². The van der Waals surface area contributed by atoms with E-state index in [0.29, 0.717) is 12.0 Å². The van der Waals surface area contributed by atoms with Crippen molar-refractivity contribution in [2.24, 2.45) is 5.92 Å². The first-order chi connectivity index (χ1) is 14.9. The van der Waals surface area contributed by atoms with E-state index in [0.717, 1.165) is 31.5 Å². The third-order valence-electron chi connectivity index (χ3n) is 6.84. The van der Waals surface area contributed by atoms with Crippen LogP contribution in [-0.4, -0.2) is 54.2 Å². The number of fused-ring (bicyclic) bond motifs is 1. The molecule has 0 radical (unpaired) electrons.